The van der Waals surface area contributed by atoms with Crippen molar-refractivity contribution in [3.05, 3.63) is 93.0 Å². The Kier molecular flexibility index (Phi) is 6.99. The average Bonchev–Trinajstić information content (AvgIpc) is 3.15. The third kappa shape index (κ3) is 5.75. The zero-order chi connectivity index (χ0) is 25.2. The number of rotatable bonds is 7. The number of amides is 1. The number of aromatic nitrogens is 2. The molecule has 0 fully saturated rings. The van der Waals surface area contributed by atoms with Crippen LogP contribution < -0.4 is 5.32 Å². The van der Waals surface area contributed by atoms with Crippen molar-refractivity contribution in [3.63, 3.8) is 0 Å². The van der Waals surface area contributed by atoms with Crippen LogP contribution in [0.1, 0.15) is 11.1 Å². The van der Waals surface area contributed by atoms with E-state index in [2.05, 4.69) is 10.3 Å². The van der Waals surface area contributed by atoms with Crippen molar-refractivity contribution in [2.75, 3.05) is 11.1 Å². The molecule has 1 aromatic heterocycles. The van der Waals surface area contributed by atoms with Gasteiger partial charge in [-0.25, -0.2) is 4.98 Å². The van der Waals surface area contributed by atoms with Gasteiger partial charge in [0.05, 0.1) is 33.8 Å². The van der Waals surface area contributed by atoms with Crippen molar-refractivity contribution in [2.24, 2.45) is 0 Å². The second-order valence-corrected chi connectivity index (χ2v) is 8.80. The van der Waals surface area contributed by atoms with Crippen LogP contribution in [0.15, 0.2) is 71.9 Å². The highest BCUT2D eigenvalue weighted by molar-refractivity contribution is 7.99. The fourth-order valence-corrected chi connectivity index (χ4v) is 4.37. The van der Waals surface area contributed by atoms with E-state index in [-0.39, 0.29) is 27.7 Å². The van der Waals surface area contributed by atoms with Crippen LogP contribution in [-0.4, -0.2) is 26.1 Å². The van der Waals surface area contributed by atoms with Gasteiger partial charge in [-0.2, -0.15) is 13.2 Å². The molecule has 12 heteroatoms. The van der Waals surface area contributed by atoms with Gasteiger partial charge in [0.15, 0.2) is 5.16 Å². The lowest BCUT2D eigenvalue weighted by atomic mass is 10.2. The molecule has 0 bridgehead atoms. The summed E-state index contributed by atoms with van der Waals surface area (Å²) in [4.78, 5) is 27.5. The summed E-state index contributed by atoms with van der Waals surface area (Å²) < 4.78 is 41.3. The lowest BCUT2D eigenvalue weighted by Gasteiger charge is -2.10. The zero-order valence-corrected chi connectivity index (χ0v) is 19.3. The van der Waals surface area contributed by atoms with Gasteiger partial charge in [0.25, 0.3) is 5.69 Å². The Balaban J connectivity index is 1.61. The summed E-state index contributed by atoms with van der Waals surface area (Å²) in [6, 6.07) is 16.5. The predicted octanol–water partition coefficient (Wildman–Crippen LogP) is 6.40. The molecule has 0 atom stereocenters. The molecule has 1 amide bonds. The number of thioether (sulfide) groups is 1. The highest BCUT2D eigenvalue weighted by Crippen LogP contribution is 2.33. The van der Waals surface area contributed by atoms with Crippen LogP contribution in [0.2, 0.25) is 5.02 Å². The van der Waals surface area contributed by atoms with E-state index in [0.717, 1.165) is 35.5 Å². The Morgan fingerprint density at radius 2 is 1.86 bits per heavy atom. The molecule has 0 saturated heterocycles. The maximum absolute atomic E-state index is 13.2. The predicted molar refractivity (Wildman–Crippen MR) is 128 cm³/mol. The van der Waals surface area contributed by atoms with Crippen molar-refractivity contribution in [1.29, 1.82) is 0 Å². The molecule has 4 rings (SSSR count). The van der Waals surface area contributed by atoms with Crippen molar-refractivity contribution < 1.29 is 22.9 Å². The molecule has 180 valence electrons. The second kappa shape index (κ2) is 9.96. The number of carbonyl (C=O) groups is 1. The topological polar surface area (TPSA) is 90.1 Å². The highest BCUT2D eigenvalue weighted by atomic mass is 35.5. The van der Waals surface area contributed by atoms with Crippen molar-refractivity contribution >= 4 is 51.7 Å². The van der Waals surface area contributed by atoms with E-state index in [0.29, 0.717) is 17.2 Å². The molecular weight excluding hydrogens is 505 g/mol. The summed E-state index contributed by atoms with van der Waals surface area (Å²) in [7, 11) is 0. The number of nitrogens with zero attached hydrogens (tertiary/aromatic N) is 3. The molecule has 0 aliphatic carbocycles. The maximum atomic E-state index is 13.2. The van der Waals surface area contributed by atoms with Crippen LogP contribution in [0.3, 0.4) is 0 Å². The summed E-state index contributed by atoms with van der Waals surface area (Å²) >= 11 is 6.81. The lowest BCUT2D eigenvalue weighted by molar-refractivity contribution is -0.383. The number of nitro benzene ring substituents is 1. The fraction of sp³-hybridized carbons (Fsp3) is 0.130. The maximum Gasteiger partial charge on any atom is 0.416 e. The Morgan fingerprint density at radius 3 is 2.54 bits per heavy atom. The molecule has 0 aliphatic heterocycles. The Hall–Kier alpha value is -3.57. The quantitative estimate of drug-likeness (QED) is 0.173. The van der Waals surface area contributed by atoms with Crippen molar-refractivity contribution in [2.45, 2.75) is 17.9 Å². The summed E-state index contributed by atoms with van der Waals surface area (Å²) in [5.74, 6) is -0.723. The van der Waals surface area contributed by atoms with Gasteiger partial charge < -0.3 is 9.88 Å². The molecule has 1 heterocycles. The van der Waals surface area contributed by atoms with Crippen LogP contribution in [-0.2, 0) is 17.5 Å². The van der Waals surface area contributed by atoms with Gasteiger partial charge in [0.1, 0.15) is 5.69 Å². The number of fused-ring (bicyclic) bond motifs is 1. The van der Waals surface area contributed by atoms with Gasteiger partial charge >= 0.3 is 6.18 Å². The van der Waals surface area contributed by atoms with Gasteiger partial charge in [-0.15, -0.1) is 0 Å². The number of imidazole rings is 1. The van der Waals surface area contributed by atoms with Crippen LogP contribution in [0.4, 0.5) is 24.5 Å². The summed E-state index contributed by atoms with van der Waals surface area (Å²) in [5.41, 5.74) is 0.336. The number of benzene rings is 3. The minimum absolute atomic E-state index is 0.0161. The zero-order valence-electron chi connectivity index (χ0n) is 17.8. The molecule has 0 unspecified atom stereocenters. The third-order valence-corrected chi connectivity index (χ3v) is 6.20. The lowest BCUT2D eigenvalue weighted by Crippen LogP contribution is -2.15. The highest BCUT2D eigenvalue weighted by Gasteiger charge is 2.31. The van der Waals surface area contributed by atoms with E-state index in [9.17, 15) is 28.1 Å². The van der Waals surface area contributed by atoms with Gasteiger partial charge in [-0.3, -0.25) is 14.9 Å². The van der Waals surface area contributed by atoms with E-state index in [1.165, 1.54) is 18.2 Å². The third-order valence-electron chi connectivity index (χ3n) is 4.99. The van der Waals surface area contributed by atoms with Gasteiger partial charge in [0.2, 0.25) is 5.91 Å². The van der Waals surface area contributed by atoms with Gasteiger partial charge in [0, 0.05) is 11.1 Å². The molecule has 0 spiro atoms. The minimum Gasteiger partial charge on any atom is -0.320 e. The van der Waals surface area contributed by atoms with Crippen LogP contribution >= 0.6 is 23.4 Å². The van der Waals surface area contributed by atoms with Crippen LogP contribution in [0.5, 0.6) is 0 Å². The van der Waals surface area contributed by atoms with Crippen LogP contribution in [0.25, 0.3) is 11.0 Å². The molecular formula is C23H16ClF3N4O3S. The largest absolute Gasteiger partial charge is 0.416 e. The molecule has 1 N–H and O–H groups in total. The van der Waals surface area contributed by atoms with E-state index < -0.39 is 22.6 Å². The monoisotopic (exact) mass is 520 g/mol. The SMILES string of the molecule is O=C(CSc1nc2cc(C(F)(F)F)ccc2n1Cc1ccccc1)Nc1ccc(Cl)cc1[N+](=O)[O-]. The average molecular weight is 521 g/mol. The van der Waals surface area contributed by atoms with E-state index in [1.807, 2.05) is 30.3 Å². The Labute approximate surface area is 206 Å². The molecule has 7 nitrogen and oxygen atoms in total. The number of hydrogen-bond acceptors (Lipinski definition) is 5. The van der Waals surface area contributed by atoms with E-state index in [4.69, 9.17) is 11.6 Å². The number of halogens is 4. The van der Waals surface area contributed by atoms with Gasteiger partial charge in [-0.05, 0) is 35.9 Å². The summed E-state index contributed by atoms with van der Waals surface area (Å²) in [6.45, 7) is 0.329. The van der Waals surface area contributed by atoms with Crippen molar-refractivity contribution in [3.8, 4) is 0 Å². The Morgan fingerprint density at radius 1 is 1.11 bits per heavy atom. The number of carbonyl (C=O) groups excluding carboxylic acids is 1. The van der Waals surface area contributed by atoms with Crippen molar-refractivity contribution in [1.82, 2.24) is 9.55 Å². The molecule has 0 radical (unpaired) electrons. The number of alkyl halides is 3. The van der Waals surface area contributed by atoms with Gasteiger partial charge in [-0.1, -0.05) is 53.7 Å². The second-order valence-electron chi connectivity index (χ2n) is 7.42. The first-order chi connectivity index (χ1) is 16.6. The molecule has 4 aromatic rings. The standard InChI is InChI=1S/C23H16ClF3N4O3S/c24-16-7-8-17(20(11-16)31(33)34)28-21(32)13-35-22-29-18-10-15(23(25,26)27)6-9-19(18)30(22)12-14-4-2-1-3-5-14/h1-11H,12-13H2,(H,28,32). The molecule has 0 aliphatic rings. The first kappa shape index (κ1) is 24.6. The van der Waals surface area contributed by atoms with E-state index in [1.54, 1.807) is 4.57 Å². The fourth-order valence-electron chi connectivity index (χ4n) is 3.39. The number of hydrogen-bond donors (Lipinski definition) is 1. The summed E-state index contributed by atoms with van der Waals surface area (Å²) in [5, 5.41) is 14.2. The van der Waals surface area contributed by atoms with E-state index >= 15 is 0 Å². The number of nitrogens with one attached hydrogen (secondary N) is 1. The smallest absolute Gasteiger partial charge is 0.320 e. The molecule has 35 heavy (non-hydrogen) atoms. The number of nitro groups is 1. The van der Waals surface area contributed by atoms with Crippen LogP contribution in [0, 0.1) is 10.1 Å². The Bertz CT molecular complexity index is 1410. The minimum atomic E-state index is -4.52. The normalized spacial score (nSPS) is 11.5. The first-order valence-electron chi connectivity index (χ1n) is 10.1. The number of anilines is 1. The first-order valence-corrected chi connectivity index (χ1v) is 11.5. The molecule has 3 aromatic carbocycles. The molecule has 0 saturated carbocycles. The summed E-state index contributed by atoms with van der Waals surface area (Å²) in [6.07, 6.45) is -4.52.